The van der Waals surface area contributed by atoms with Crippen LogP contribution in [-0.4, -0.2) is 5.11 Å². The van der Waals surface area contributed by atoms with E-state index in [1.165, 1.54) is 12.1 Å². The Labute approximate surface area is 130 Å². The van der Waals surface area contributed by atoms with Crippen molar-refractivity contribution in [3.05, 3.63) is 62.8 Å². The van der Waals surface area contributed by atoms with Crippen LogP contribution in [0.5, 0.6) is 5.75 Å². The quantitative estimate of drug-likeness (QED) is 0.843. The van der Waals surface area contributed by atoms with Crippen LogP contribution in [0.3, 0.4) is 0 Å². The predicted octanol–water partition coefficient (Wildman–Crippen LogP) is 4.87. The third-order valence-corrected chi connectivity index (χ3v) is 3.67. The van der Waals surface area contributed by atoms with E-state index in [2.05, 4.69) is 15.9 Å². The molecule has 0 amide bonds. The standard InChI is InChI=1S/C15H13BrClFO2/c1-9(19)13-6-11(16)3-5-15(13)20-8-10-2-4-12(18)7-14(10)17/h2-7,9,19H,8H2,1H3/t9-/m0/s1. The van der Waals surface area contributed by atoms with Crippen LogP contribution in [0.1, 0.15) is 24.2 Å². The highest BCUT2D eigenvalue weighted by Crippen LogP contribution is 2.29. The molecule has 0 fully saturated rings. The van der Waals surface area contributed by atoms with Crippen molar-refractivity contribution in [3.8, 4) is 5.75 Å². The van der Waals surface area contributed by atoms with Crippen molar-refractivity contribution < 1.29 is 14.2 Å². The Balaban J connectivity index is 2.18. The lowest BCUT2D eigenvalue weighted by Crippen LogP contribution is -2.01. The SMILES string of the molecule is C[C@H](O)c1cc(Br)ccc1OCc1ccc(F)cc1Cl. The van der Waals surface area contributed by atoms with Crippen LogP contribution in [0.15, 0.2) is 40.9 Å². The van der Waals surface area contributed by atoms with Crippen molar-refractivity contribution in [1.29, 1.82) is 0 Å². The predicted molar refractivity (Wildman–Crippen MR) is 80.5 cm³/mol. The van der Waals surface area contributed by atoms with Gasteiger partial charge in [0.1, 0.15) is 18.2 Å². The summed E-state index contributed by atoms with van der Waals surface area (Å²) in [5.41, 5.74) is 1.37. The molecule has 0 aromatic heterocycles. The molecule has 0 heterocycles. The van der Waals surface area contributed by atoms with Crippen molar-refractivity contribution in [1.82, 2.24) is 0 Å². The van der Waals surface area contributed by atoms with E-state index in [1.807, 2.05) is 6.07 Å². The molecule has 0 aliphatic heterocycles. The zero-order valence-electron chi connectivity index (χ0n) is 10.7. The van der Waals surface area contributed by atoms with Gasteiger partial charge >= 0.3 is 0 Å². The van der Waals surface area contributed by atoms with Crippen LogP contribution in [0.25, 0.3) is 0 Å². The van der Waals surface area contributed by atoms with E-state index in [0.29, 0.717) is 21.9 Å². The molecule has 0 aliphatic rings. The van der Waals surface area contributed by atoms with E-state index in [1.54, 1.807) is 25.1 Å². The summed E-state index contributed by atoms with van der Waals surface area (Å²) in [6.07, 6.45) is -0.647. The molecule has 106 valence electrons. The average molecular weight is 360 g/mol. The number of rotatable bonds is 4. The Morgan fingerprint density at radius 3 is 2.70 bits per heavy atom. The third-order valence-electron chi connectivity index (χ3n) is 2.82. The molecule has 0 bridgehead atoms. The highest BCUT2D eigenvalue weighted by molar-refractivity contribution is 9.10. The smallest absolute Gasteiger partial charge is 0.125 e. The molecule has 2 rings (SSSR count). The lowest BCUT2D eigenvalue weighted by molar-refractivity contribution is 0.190. The van der Waals surface area contributed by atoms with E-state index in [9.17, 15) is 9.50 Å². The number of ether oxygens (including phenoxy) is 1. The van der Waals surface area contributed by atoms with Gasteiger partial charge in [-0.15, -0.1) is 0 Å². The summed E-state index contributed by atoms with van der Waals surface area (Å²) in [6, 6.07) is 9.56. The van der Waals surface area contributed by atoms with Gasteiger partial charge in [-0.2, -0.15) is 0 Å². The minimum atomic E-state index is -0.647. The summed E-state index contributed by atoms with van der Waals surface area (Å²) in [6.45, 7) is 1.87. The van der Waals surface area contributed by atoms with Gasteiger partial charge in [0.15, 0.2) is 0 Å². The van der Waals surface area contributed by atoms with Crippen LogP contribution in [-0.2, 0) is 6.61 Å². The van der Waals surface area contributed by atoms with Gasteiger partial charge in [0, 0.05) is 15.6 Å². The minimum absolute atomic E-state index is 0.209. The number of aliphatic hydroxyl groups is 1. The molecule has 2 aromatic rings. The summed E-state index contributed by atoms with van der Waals surface area (Å²) in [5.74, 6) is 0.190. The Kier molecular flexibility index (Phi) is 5.02. The average Bonchev–Trinajstić information content (AvgIpc) is 2.38. The molecular weight excluding hydrogens is 347 g/mol. The fourth-order valence-electron chi connectivity index (χ4n) is 1.77. The lowest BCUT2D eigenvalue weighted by atomic mass is 10.1. The van der Waals surface area contributed by atoms with Gasteiger partial charge in [-0.25, -0.2) is 4.39 Å². The van der Waals surface area contributed by atoms with E-state index >= 15 is 0 Å². The Bertz CT molecular complexity index is 617. The van der Waals surface area contributed by atoms with Crippen LogP contribution >= 0.6 is 27.5 Å². The number of hydrogen-bond donors (Lipinski definition) is 1. The van der Waals surface area contributed by atoms with Gasteiger partial charge in [0.25, 0.3) is 0 Å². The second kappa shape index (κ2) is 6.57. The molecule has 1 N–H and O–H groups in total. The molecule has 0 aliphatic carbocycles. The van der Waals surface area contributed by atoms with Gasteiger partial charge in [0.2, 0.25) is 0 Å². The van der Waals surface area contributed by atoms with Gasteiger partial charge in [-0.05, 0) is 37.3 Å². The van der Waals surface area contributed by atoms with Crippen molar-refractivity contribution in [2.45, 2.75) is 19.6 Å². The normalized spacial score (nSPS) is 12.2. The van der Waals surface area contributed by atoms with Crippen molar-refractivity contribution in [2.75, 3.05) is 0 Å². The summed E-state index contributed by atoms with van der Waals surface area (Å²) >= 11 is 9.30. The first-order valence-electron chi connectivity index (χ1n) is 6.01. The van der Waals surface area contributed by atoms with Crippen molar-refractivity contribution in [3.63, 3.8) is 0 Å². The highest BCUT2D eigenvalue weighted by Gasteiger charge is 2.11. The maximum absolute atomic E-state index is 13.0. The zero-order chi connectivity index (χ0) is 14.7. The first kappa shape index (κ1) is 15.3. The van der Waals surface area contributed by atoms with Crippen molar-refractivity contribution >= 4 is 27.5 Å². The van der Waals surface area contributed by atoms with Crippen molar-refractivity contribution in [2.24, 2.45) is 0 Å². The van der Waals surface area contributed by atoms with E-state index in [4.69, 9.17) is 16.3 Å². The molecular formula is C15H13BrClFO2. The zero-order valence-corrected chi connectivity index (χ0v) is 13.1. The lowest BCUT2D eigenvalue weighted by Gasteiger charge is -2.14. The number of halogens is 3. The van der Waals surface area contributed by atoms with Gasteiger partial charge in [-0.3, -0.25) is 0 Å². The molecule has 2 nitrogen and oxygen atoms in total. The topological polar surface area (TPSA) is 29.5 Å². The minimum Gasteiger partial charge on any atom is -0.488 e. The second-order valence-electron chi connectivity index (χ2n) is 4.38. The fraction of sp³-hybridized carbons (Fsp3) is 0.200. The maximum Gasteiger partial charge on any atom is 0.125 e. The monoisotopic (exact) mass is 358 g/mol. The first-order valence-corrected chi connectivity index (χ1v) is 7.18. The van der Waals surface area contributed by atoms with Crippen LogP contribution in [0.4, 0.5) is 4.39 Å². The van der Waals surface area contributed by atoms with E-state index in [0.717, 1.165) is 4.47 Å². The molecule has 0 spiro atoms. The summed E-state index contributed by atoms with van der Waals surface area (Å²) < 4.78 is 19.5. The Morgan fingerprint density at radius 2 is 2.05 bits per heavy atom. The summed E-state index contributed by atoms with van der Waals surface area (Å²) in [7, 11) is 0. The molecule has 0 radical (unpaired) electrons. The maximum atomic E-state index is 13.0. The molecule has 20 heavy (non-hydrogen) atoms. The van der Waals surface area contributed by atoms with E-state index in [-0.39, 0.29) is 12.4 Å². The molecule has 1 atom stereocenters. The number of benzene rings is 2. The fourth-order valence-corrected chi connectivity index (χ4v) is 2.37. The van der Waals surface area contributed by atoms with Crippen LogP contribution in [0, 0.1) is 5.82 Å². The first-order chi connectivity index (χ1) is 9.47. The Hall–Kier alpha value is -1.10. The Morgan fingerprint density at radius 1 is 1.30 bits per heavy atom. The largest absolute Gasteiger partial charge is 0.488 e. The summed E-state index contributed by atoms with van der Waals surface area (Å²) in [4.78, 5) is 0. The molecule has 0 unspecified atom stereocenters. The number of aliphatic hydroxyl groups excluding tert-OH is 1. The van der Waals surface area contributed by atoms with Gasteiger partial charge < -0.3 is 9.84 Å². The summed E-state index contributed by atoms with van der Waals surface area (Å²) in [5, 5.41) is 10.1. The molecule has 0 saturated carbocycles. The second-order valence-corrected chi connectivity index (χ2v) is 5.71. The van der Waals surface area contributed by atoms with Crippen LogP contribution < -0.4 is 4.74 Å². The third kappa shape index (κ3) is 3.72. The number of hydrogen-bond acceptors (Lipinski definition) is 2. The molecule has 5 heteroatoms. The molecule has 0 saturated heterocycles. The van der Waals surface area contributed by atoms with Gasteiger partial charge in [0.05, 0.1) is 11.1 Å². The van der Waals surface area contributed by atoms with Gasteiger partial charge in [-0.1, -0.05) is 33.6 Å². The molecule has 2 aromatic carbocycles. The highest BCUT2D eigenvalue weighted by atomic mass is 79.9. The van der Waals surface area contributed by atoms with E-state index < -0.39 is 6.10 Å². The van der Waals surface area contributed by atoms with Crippen LogP contribution in [0.2, 0.25) is 5.02 Å².